The number of rotatable bonds is 0. The number of hydrogen-bond acceptors (Lipinski definition) is 1. The third kappa shape index (κ3) is 2.19. The second-order valence-corrected chi connectivity index (χ2v) is 3.15. The summed E-state index contributed by atoms with van der Waals surface area (Å²) in [5.74, 6) is 0. The zero-order valence-corrected chi connectivity index (χ0v) is 6.06. The summed E-state index contributed by atoms with van der Waals surface area (Å²) in [6.07, 6.45) is 9.28. The van der Waals surface area contributed by atoms with Crippen molar-refractivity contribution in [2.45, 2.75) is 38.1 Å². The number of nitrogens with two attached hydrogens (primary N) is 1. The molecular weight excluding hydrogens is 110 g/mol. The first-order chi connectivity index (χ1) is 4.21. The monoisotopic (exact) mass is 125 g/mol. The third-order valence-electron chi connectivity index (χ3n) is 1.83. The van der Waals surface area contributed by atoms with Crippen molar-refractivity contribution in [1.29, 1.82) is 0 Å². The Morgan fingerprint density at radius 3 is 3.00 bits per heavy atom. The van der Waals surface area contributed by atoms with E-state index in [-0.39, 0.29) is 5.54 Å². The van der Waals surface area contributed by atoms with Gasteiger partial charge in [0.05, 0.1) is 0 Å². The first kappa shape index (κ1) is 6.81. The van der Waals surface area contributed by atoms with Crippen LogP contribution in [-0.4, -0.2) is 5.54 Å². The average molecular weight is 125 g/mol. The van der Waals surface area contributed by atoms with E-state index in [1.54, 1.807) is 0 Å². The molecule has 0 heterocycles. The first-order valence-corrected chi connectivity index (χ1v) is 3.67. The van der Waals surface area contributed by atoms with Gasteiger partial charge in [-0.25, -0.2) is 0 Å². The second-order valence-electron chi connectivity index (χ2n) is 3.15. The highest BCUT2D eigenvalue weighted by molar-refractivity contribution is 5.03. The van der Waals surface area contributed by atoms with Crippen LogP contribution in [-0.2, 0) is 0 Å². The van der Waals surface area contributed by atoms with Gasteiger partial charge in [0, 0.05) is 5.54 Å². The Kier molecular flexibility index (Phi) is 1.91. The summed E-state index contributed by atoms with van der Waals surface area (Å²) in [6, 6.07) is 0. The van der Waals surface area contributed by atoms with Crippen molar-refractivity contribution in [3.63, 3.8) is 0 Å². The van der Waals surface area contributed by atoms with Crippen molar-refractivity contribution in [3.05, 3.63) is 12.2 Å². The van der Waals surface area contributed by atoms with Crippen LogP contribution in [0, 0.1) is 0 Å². The minimum atomic E-state index is -0.0174. The summed E-state index contributed by atoms with van der Waals surface area (Å²) in [4.78, 5) is 0. The van der Waals surface area contributed by atoms with Gasteiger partial charge in [-0.1, -0.05) is 18.6 Å². The average Bonchev–Trinajstić information content (AvgIpc) is 1.92. The zero-order chi connectivity index (χ0) is 6.74. The summed E-state index contributed by atoms with van der Waals surface area (Å²) in [7, 11) is 0. The summed E-state index contributed by atoms with van der Waals surface area (Å²) in [5.41, 5.74) is 5.87. The quantitative estimate of drug-likeness (QED) is 0.491. The molecule has 1 aliphatic rings. The van der Waals surface area contributed by atoms with E-state index in [2.05, 4.69) is 19.1 Å². The van der Waals surface area contributed by atoms with Crippen LogP contribution in [0.4, 0.5) is 0 Å². The Bertz CT molecular complexity index is 114. The van der Waals surface area contributed by atoms with Crippen LogP contribution in [0.1, 0.15) is 32.6 Å². The molecule has 2 N–H and O–H groups in total. The number of allylic oxidation sites excluding steroid dienone is 1. The maximum Gasteiger partial charge on any atom is 0.0310 e. The lowest BCUT2D eigenvalue weighted by atomic mass is 9.98. The molecule has 0 fully saturated rings. The van der Waals surface area contributed by atoms with E-state index in [4.69, 9.17) is 5.73 Å². The Labute approximate surface area is 56.9 Å². The third-order valence-corrected chi connectivity index (χ3v) is 1.83. The van der Waals surface area contributed by atoms with Crippen molar-refractivity contribution in [3.8, 4) is 0 Å². The molecule has 0 spiro atoms. The van der Waals surface area contributed by atoms with Gasteiger partial charge >= 0.3 is 0 Å². The van der Waals surface area contributed by atoms with Gasteiger partial charge in [0.1, 0.15) is 0 Å². The minimum absolute atomic E-state index is 0.0174. The van der Waals surface area contributed by atoms with Crippen molar-refractivity contribution in [2.75, 3.05) is 0 Å². The maximum absolute atomic E-state index is 5.89. The molecule has 0 saturated heterocycles. The van der Waals surface area contributed by atoms with Crippen LogP contribution in [0.2, 0.25) is 0 Å². The first-order valence-electron chi connectivity index (χ1n) is 3.67. The molecule has 0 aromatic rings. The fraction of sp³-hybridized carbons (Fsp3) is 0.750. The normalized spacial score (nSPS) is 36.2. The highest BCUT2D eigenvalue weighted by Gasteiger charge is 2.14. The van der Waals surface area contributed by atoms with Crippen LogP contribution in [0.3, 0.4) is 0 Å². The maximum atomic E-state index is 5.89. The fourth-order valence-corrected chi connectivity index (χ4v) is 1.20. The molecule has 0 aliphatic heterocycles. The van der Waals surface area contributed by atoms with E-state index in [0.717, 1.165) is 6.42 Å². The van der Waals surface area contributed by atoms with Gasteiger partial charge in [-0.3, -0.25) is 0 Å². The molecule has 0 aromatic carbocycles. The molecule has 1 atom stereocenters. The van der Waals surface area contributed by atoms with Crippen molar-refractivity contribution in [2.24, 2.45) is 5.73 Å². The summed E-state index contributed by atoms with van der Waals surface area (Å²) < 4.78 is 0. The minimum Gasteiger partial charge on any atom is -0.322 e. The summed E-state index contributed by atoms with van der Waals surface area (Å²) in [6.45, 7) is 2.09. The van der Waals surface area contributed by atoms with Gasteiger partial charge in [0.25, 0.3) is 0 Å². The summed E-state index contributed by atoms with van der Waals surface area (Å²) >= 11 is 0. The molecule has 9 heavy (non-hydrogen) atoms. The second kappa shape index (κ2) is 2.53. The van der Waals surface area contributed by atoms with Crippen LogP contribution in [0.25, 0.3) is 0 Å². The molecule has 1 rings (SSSR count). The lowest BCUT2D eigenvalue weighted by Gasteiger charge is -2.17. The SMILES string of the molecule is C[C@]1(N)C=CCCCC1. The molecule has 0 aromatic heterocycles. The Balaban J connectivity index is 2.52. The van der Waals surface area contributed by atoms with Crippen molar-refractivity contribution < 1.29 is 0 Å². The fourth-order valence-electron chi connectivity index (χ4n) is 1.20. The molecule has 0 bridgehead atoms. The highest BCUT2D eigenvalue weighted by Crippen LogP contribution is 2.17. The van der Waals surface area contributed by atoms with Gasteiger partial charge in [-0.05, 0) is 26.2 Å². The smallest absolute Gasteiger partial charge is 0.0310 e. The van der Waals surface area contributed by atoms with Crippen molar-refractivity contribution in [1.82, 2.24) is 0 Å². The molecule has 1 aliphatic carbocycles. The molecule has 1 heteroatoms. The largest absolute Gasteiger partial charge is 0.322 e. The zero-order valence-electron chi connectivity index (χ0n) is 6.06. The van der Waals surface area contributed by atoms with E-state index < -0.39 is 0 Å². The molecule has 52 valence electrons. The van der Waals surface area contributed by atoms with Crippen LogP contribution >= 0.6 is 0 Å². The lowest BCUT2D eigenvalue weighted by molar-refractivity contribution is 0.514. The van der Waals surface area contributed by atoms with Crippen molar-refractivity contribution >= 4 is 0 Å². The van der Waals surface area contributed by atoms with Crippen LogP contribution in [0.15, 0.2) is 12.2 Å². The molecule has 1 nitrogen and oxygen atoms in total. The Hall–Kier alpha value is -0.300. The Morgan fingerprint density at radius 2 is 2.22 bits per heavy atom. The number of hydrogen-bond donors (Lipinski definition) is 1. The highest BCUT2D eigenvalue weighted by atomic mass is 14.7. The van der Waals surface area contributed by atoms with Crippen LogP contribution in [0.5, 0.6) is 0 Å². The molecule has 0 radical (unpaired) electrons. The van der Waals surface area contributed by atoms with Gasteiger partial charge < -0.3 is 5.73 Å². The van der Waals surface area contributed by atoms with E-state index in [1.807, 2.05) is 0 Å². The van der Waals surface area contributed by atoms with E-state index in [0.29, 0.717) is 0 Å². The molecule has 0 amide bonds. The van der Waals surface area contributed by atoms with Gasteiger partial charge in [-0.15, -0.1) is 0 Å². The van der Waals surface area contributed by atoms with E-state index >= 15 is 0 Å². The van der Waals surface area contributed by atoms with Crippen LogP contribution < -0.4 is 5.73 Å². The van der Waals surface area contributed by atoms with E-state index in [9.17, 15) is 0 Å². The van der Waals surface area contributed by atoms with Gasteiger partial charge in [-0.2, -0.15) is 0 Å². The predicted octanol–water partition coefficient (Wildman–Crippen LogP) is 1.83. The predicted molar refractivity (Wildman–Crippen MR) is 40.2 cm³/mol. The molecule has 0 unspecified atom stereocenters. The standard InChI is InChI=1S/C8H15N/c1-8(9)6-4-2-3-5-7-8/h4,6H,2-3,5,7,9H2,1H3/t8-/m0/s1. The van der Waals surface area contributed by atoms with E-state index in [1.165, 1.54) is 19.3 Å². The Morgan fingerprint density at radius 1 is 1.44 bits per heavy atom. The lowest BCUT2D eigenvalue weighted by Crippen LogP contribution is -2.32. The topological polar surface area (TPSA) is 26.0 Å². The molecule has 0 saturated carbocycles. The van der Waals surface area contributed by atoms with Gasteiger partial charge in [0.15, 0.2) is 0 Å². The summed E-state index contributed by atoms with van der Waals surface area (Å²) in [5, 5.41) is 0. The molecular formula is C8H15N. The van der Waals surface area contributed by atoms with Gasteiger partial charge in [0.2, 0.25) is 0 Å².